The summed E-state index contributed by atoms with van der Waals surface area (Å²) in [6.45, 7) is 0. The predicted molar refractivity (Wildman–Crippen MR) is 75.1 cm³/mol. The molecule has 0 fully saturated rings. The fourth-order valence-corrected chi connectivity index (χ4v) is 1.69. The summed E-state index contributed by atoms with van der Waals surface area (Å²) in [7, 11) is 0. The lowest BCUT2D eigenvalue weighted by atomic mass is 10.1. The molecule has 0 aliphatic heterocycles. The number of nitrogens with zero attached hydrogens (tertiary/aromatic N) is 2. The predicted octanol–water partition coefficient (Wildman–Crippen LogP) is 3.67. The third-order valence-corrected chi connectivity index (χ3v) is 2.68. The molecule has 0 radical (unpaired) electrons. The first-order valence-electron chi connectivity index (χ1n) is 5.74. The molecule has 0 unspecified atom stereocenters. The van der Waals surface area contributed by atoms with Crippen LogP contribution < -0.4 is 0 Å². The van der Waals surface area contributed by atoms with Gasteiger partial charge in [-0.05, 0) is 17.7 Å². The maximum absolute atomic E-state index is 11.0. The van der Waals surface area contributed by atoms with E-state index in [0.717, 1.165) is 11.6 Å². The van der Waals surface area contributed by atoms with Crippen LogP contribution in [0.15, 0.2) is 48.5 Å². The van der Waals surface area contributed by atoms with Crippen molar-refractivity contribution in [3.63, 3.8) is 0 Å². The van der Waals surface area contributed by atoms with E-state index < -0.39 is 9.85 Å². The number of nitro benzene ring substituents is 2. The molecule has 0 amide bonds. The highest BCUT2D eigenvalue weighted by Crippen LogP contribution is 2.26. The summed E-state index contributed by atoms with van der Waals surface area (Å²) in [5.74, 6) is 0. The van der Waals surface area contributed by atoms with Gasteiger partial charge >= 0.3 is 0 Å². The molecule has 2 aromatic rings. The number of benzene rings is 2. The lowest BCUT2D eigenvalue weighted by Gasteiger charge is -1.98. The molecule has 0 saturated carbocycles. The fourth-order valence-electron chi connectivity index (χ4n) is 1.69. The molecule has 0 heterocycles. The Morgan fingerprint density at radius 3 is 2.15 bits per heavy atom. The molecule has 0 aliphatic carbocycles. The third-order valence-electron chi connectivity index (χ3n) is 2.68. The smallest absolute Gasteiger partial charge is 0.258 e. The van der Waals surface area contributed by atoms with Gasteiger partial charge < -0.3 is 0 Å². The van der Waals surface area contributed by atoms with E-state index in [1.807, 2.05) is 30.3 Å². The normalized spacial score (nSPS) is 10.6. The Bertz CT molecular complexity index is 681. The SMILES string of the molecule is O=[N+]([O-])c1ccc(C=Cc2ccccc2)c([N+](=O)[O-])c1. The first-order valence-corrected chi connectivity index (χ1v) is 5.74. The lowest BCUT2D eigenvalue weighted by molar-refractivity contribution is -0.394. The monoisotopic (exact) mass is 270 g/mol. The van der Waals surface area contributed by atoms with Gasteiger partial charge in [-0.15, -0.1) is 0 Å². The van der Waals surface area contributed by atoms with Crippen LogP contribution >= 0.6 is 0 Å². The first-order chi connectivity index (χ1) is 9.58. The van der Waals surface area contributed by atoms with Gasteiger partial charge in [-0.1, -0.05) is 36.4 Å². The van der Waals surface area contributed by atoms with Gasteiger partial charge in [0.25, 0.3) is 11.4 Å². The quantitative estimate of drug-likeness (QED) is 0.481. The zero-order chi connectivity index (χ0) is 14.5. The Labute approximate surface area is 114 Å². The minimum Gasteiger partial charge on any atom is -0.258 e. The van der Waals surface area contributed by atoms with Crippen molar-refractivity contribution in [1.82, 2.24) is 0 Å². The standard InChI is InChI=1S/C14H10N2O4/c17-15(18)13-9-8-12(14(10-13)16(19)20)7-6-11-4-2-1-3-5-11/h1-10H. The number of hydrogen-bond acceptors (Lipinski definition) is 4. The van der Waals surface area contributed by atoms with Crippen molar-refractivity contribution in [2.24, 2.45) is 0 Å². The van der Waals surface area contributed by atoms with Crippen LogP contribution in [0.2, 0.25) is 0 Å². The zero-order valence-electron chi connectivity index (χ0n) is 10.3. The number of nitro groups is 2. The molecule has 2 aromatic carbocycles. The summed E-state index contributed by atoms with van der Waals surface area (Å²) in [5.41, 5.74) is 0.629. The van der Waals surface area contributed by atoms with Crippen molar-refractivity contribution < 1.29 is 9.85 Å². The highest BCUT2D eigenvalue weighted by Gasteiger charge is 2.17. The number of non-ortho nitro benzene ring substituents is 1. The Morgan fingerprint density at radius 1 is 0.850 bits per heavy atom. The molecule has 6 heteroatoms. The van der Waals surface area contributed by atoms with Crippen molar-refractivity contribution in [2.45, 2.75) is 0 Å². The number of hydrogen-bond donors (Lipinski definition) is 0. The van der Waals surface area contributed by atoms with Crippen molar-refractivity contribution in [3.8, 4) is 0 Å². The molecule has 0 aromatic heterocycles. The lowest BCUT2D eigenvalue weighted by Crippen LogP contribution is -1.94. The van der Waals surface area contributed by atoms with Crippen molar-refractivity contribution in [1.29, 1.82) is 0 Å². The molecular weight excluding hydrogens is 260 g/mol. The summed E-state index contributed by atoms with van der Waals surface area (Å²) >= 11 is 0. The third kappa shape index (κ3) is 3.05. The van der Waals surface area contributed by atoms with Gasteiger partial charge in [0.1, 0.15) is 0 Å². The molecule has 2 rings (SSSR count). The number of rotatable bonds is 4. The average molecular weight is 270 g/mol. The van der Waals surface area contributed by atoms with Gasteiger partial charge in [-0.2, -0.15) is 0 Å². The summed E-state index contributed by atoms with van der Waals surface area (Å²) in [6.07, 6.45) is 3.28. The van der Waals surface area contributed by atoms with E-state index in [2.05, 4.69) is 0 Å². The molecule has 0 bridgehead atoms. The zero-order valence-corrected chi connectivity index (χ0v) is 10.3. The second-order valence-electron chi connectivity index (χ2n) is 4.00. The second kappa shape index (κ2) is 5.75. The highest BCUT2D eigenvalue weighted by molar-refractivity contribution is 5.75. The van der Waals surface area contributed by atoms with Gasteiger partial charge in [-0.3, -0.25) is 20.2 Å². The molecular formula is C14H10N2O4. The van der Waals surface area contributed by atoms with Gasteiger partial charge in [-0.25, -0.2) is 0 Å². The van der Waals surface area contributed by atoms with E-state index in [1.165, 1.54) is 12.1 Å². The molecule has 20 heavy (non-hydrogen) atoms. The van der Waals surface area contributed by atoms with E-state index >= 15 is 0 Å². The Morgan fingerprint density at radius 2 is 1.55 bits per heavy atom. The van der Waals surface area contributed by atoms with E-state index in [1.54, 1.807) is 12.2 Å². The molecule has 6 nitrogen and oxygen atoms in total. The van der Waals surface area contributed by atoms with Crippen molar-refractivity contribution in [2.75, 3.05) is 0 Å². The Kier molecular flexibility index (Phi) is 3.85. The summed E-state index contributed by atoms with van der Waals surface area (Å²) in [4.78, 5) is 20.3. The molecule has 0 saturated heterocycles. The Balaban J connectivity index is 2.39. The van der Waals surface area contributed by atoms with Crippen molar-refractivity contribution in [3.05, 3.63) is 79.9 Å². The van der Waals surface area contributed by atoms with E-state index in [0.29, 0.717) is 5.56 Å². The minimum absolute atomic E-state index is 0.286. The van der Waals surface area contributed by atoms with E-state index in [9.17, 15) is 20.2 Å². The maximum atomic E-state index is 11.0. The molecule has 100 valence electrons. The highest BCUT2D eigenvalue weighted by atomic mass is 16.6. The first kappa shape index (κ1) is 13.4. The van der Waals surface area contributed by atoms with Gasteiger partial charge in [0.15, 0.2) is 0 Å². The van der Waals surface area contributed by atoms with Crippen LogP contribution in [0, 0.1) is 20.2 Å². The van der Waals surface area contributed by atoms with Crippen LogP contribution in [0.5, 0.6) is 0 Å². The van der Waals surface area contributed by atoms with E-state index in [4.69, 9.17) is 0 Å². The molecule has 0 atom stereocenters. The summed E-state index contributed by atoms with van der Waals surface area (Å²) in [5, 5.41) is 21.6. The maximum Gasteiger partial charge on any atom is 0.283 e. The van der Waals surface area contributed by atoms with Crippen LogP contribution in [0.1, 0.15) is 11.1 Å². The topological polar surface area (TPSA) is 86.3 Å². The minimum atomic E-state index is -0.655. The van der Waals surface area contributed by atoms with Gasteiger partial charge in [0, 0.05) is 6.07 Å². The average Bonchev–Trinajstić information content (AvgIpc) is 2.45. The van der Waals surface area contributed by atoms with Crippen LogP contribution in [0.3, 0.4) is 0 Å². The van der Waals surface area contributed by atoms with Gasteiger partial charge in [0.2, 0.25) is 0 Å². The van der Waals surface area contributed by atoms with E-state index in [-0.39, 0.29) is 11.4 Å². The van der Waals surface area contributed by atoms with Crippen LogP contribution in [-0.4, -0.2) is 9.85 Å². The van der Waals surface area contributed by atoms with Crippen LogP contribution in [-0.2, 0) is 0 Å². The fraction of sp³-hybridized carbons (Fsp3) is 0. The molecule has 0 N–H and O–H groups in total. The van der Waals surface area contributed by atoms with Gasteiger partial charge in [0.05, 0.1) is 21.5 Å². The summed E-state index contributed by atoms with van der Waals surface area (Å²) in [6, 6.07) is 12.9. The van der Waals surface area contributed by atoms with Crippen LogP contribution in [0.4, 0.5) is 11.4 Å². The van der Waals surface area contributed by atoms with Crippen LogP contribution in [0.25, 0.3) is 12.2 Å². The molecule has 0 spiro atoms. The summed E-state index contributed by atoms with van der Waals surface area (Å²) < 4.78 is 0. The van der Waals surface area contributed by atoms with Crippen molar-refractivity contribution >= 4 is 23.5 Å². The molecule has 0 aliphatic rings. The second-order valence-corrected chi connectivity index (χ2v) is 4.00. The Hall–Kier alpha value is -3.02. The largest absolute Gasteiger partial charge is 0.283 e.